The van der Waals surface area contributed by atoms with E-state index in [1.807, 2.05) is 0 Å². The van der Waals surface area contributed by atoms with Gasteiger partial charge < -0.3 is 19.7 Å². The van der Waals surface area contributed by atoms with Crippen LogP contribution in [0.3, 0.4) is 0 Å². The molecule has 0 spiro atoms. The first-order valence-corrected chi connectivity index (χ1v) is 6.22. The topological polar surface area (TPSA) is 102 Å². The highest BCUT2D eigenvalue weighted by Crippen LogP contribution is 2.23. The summed E-state index contributed by atoms with van der Waals surface area (Å²) in [6.45, 7) is 1.32. The minimum atomic E-state index is -1.19. The number of hydrogen-bond donors (Lipinski definition) is 2. The predicted octanol–water partition coefficient (Wildman–Crippen LogP) is 2.35. The van der Waals surface area contributed by atoms with Gasteiger partial charge in [-0.3, -0.25) is 4.79 Å². The molecule has 1 heterocycles. The second-order valence-corrected chi connectivity index (χ2v) is 4.54. The maximum absolute atomic E-state index is 11.7. The number of carbonyl (C=O) groups is 2. The Morgan fingerprint density at radius 3 is 2.81 bits per heavy atom. The minimum Gasteiger partial charge on any atom is -0.483 e. The number of benzene rings is 1. The normalized spacial score (nSPS) is 10.2. The maximum Gasteiger partial charge on any atom is 0.339 e. The summed E-state index contributed by atoms with van der Waals surface area (Å²) in [6.07, 6.45) is 0. The molecule has 0 aliphatic carbocycles. The molecular formula is C13H11ClN2O5. The molecule has 0 aliphatic rings. The minimum absolute atomic E-state index is 0.0541. The molecule has 0 saturated heterocycles. The Balaban J connectivity index is 1.99. The third-order valence-corrected chi connectivity index (χ3v) is 2.66. The number of rotatable bonds is 5. The van der Waals surface area contributed by atoms with E-state index in [0.717, 1.165) is 0 Å². The van der Waals surface area contributed by atoms with E-state index in [-0.39, 0.29) is 28.8 Å². The van der Waals surface area contributed by atoms with Gasteiger partial charge in [0.1, 0.15) is 17.1 Å². The zero-order valence-corrected chi connectivity index (χ0v) is 11.7. The van der Waals surface area contributed by atoms with Crippen LogP contribution in [-0.2, 0) is 4.79 Å². The summed E-state index contributed by atoms with van der Waals surface area (Å²) in [6, 6.07) is 5.66. The van der Waals surface area contributed by atoms with Crippen LogP contribution < -0.4 is 10.1 Å². The predicted molar refractivity (Wildman–Crippen MR) is 73.8 cm³/mol. The second kappa shape index (κ2) is 6.27. The molecule has 8 heteroatoms. The third kappa shape index (κ3) is 3.96. The molecule has 21 heavy (non-hydrogen) atoms. The summed E-state index contributed by atoms with van der Waals surface area (Å²) >= 11 is 5.72. The van der Waals surface area contributed by atoms with E-state index in [4.69, 9.17) is 26.0 Å². The van der Waals surface area contributed by atoms with Gasteiger partial charge in [0.15, 0.2) is 12.4 Å². The Bertz CT molecular complexity index is 683. The van der Waals surface area contributed by atoms with Crippen molar-refractivity contribution in [3.8, 4) is 5.75 Å². The van der Waals surface area contributed by atoms with Gasteiger partial charge in [0.05, 0.1) is 0 Å². The number of anilines is 1. The van der Waals surface area contributed by atoms with Crippen molar-refractivity contribution in [3.63, 3.8) is 0 Å². The number of nitrogens with one attached hydrogen (secondary N) is 1. The summed E-state index contributed by atoms with van der Waals surface area (Å²) < 4.78 is 9.98. The van der Waals surface area contributed by atoms with Gasteiger partial charge in [0.2, 0.25) is 0 Å². The van der Waals surface area contributed by atoms with E-state index < -0.39 is 11.9 Å². The number of nitrogens with zero attached hydrogens (tertiary/aromatic N) is 1. The monoisotopic (exact) mass is 310 g/mol. The lowest BCUT2D eigenvalue weighted by Gasteiger charge is -2.08. The van der Waals surface area contributed by atoms with E-state index in [2.05, 4.69) is 10.5 Å². The Morgan fingerprint density at radius 2 is 2.19 bits per heavy atom. The van der Waals surface area contributed by atoms with Gasteiger partial charge in [-0.05, 0) is 25.1 Å². The number of aromatic carboxylic acids is 1. The molecule has 2 N–H and O–H groups in total. The summed E-state index contributed by atoms with van der Waals surface area (Å²) in [4.78, 5) is 22.7. The molecule has 1 amide bonds. The van der Waals surface area contributed by atoms with Crippen molar-refractivity contribution >= 4 is 29.3 Å². The van der Waals surface area contributed by atoms with Gasteiger partial charge >= 0.3 is 5.97 Å². The van der Waals surface area contributed by atoms with Gasteiger partial charge in [0.25, 0.3) is 5.91 Å². The highest BCUT2D eigenvalue weighted by Gasteiger charge is 2.14. The molecule has 0 fully saturated rings. The van der Waals surface area contributed by atoms with Gasteiger partial charge in [-0.25, -0.2) is 4.79 Å². The van der Waals surface area contributed by atoms with E-state index in [1.165, 1.54) is 18.2 Å². The van der Waals surface area contributed by atoms with Crippen LogP contribution >= 0.6 is 11.6 Å². The van der Waals surface area contributed by atoms with Gasteiger partial charge in [0, 0.05) is 11.1 Å². The molecule has 1 aromatic carbocycles. The Hall–Kier alpha value is -2.54. The van der Waals surface area contributed by atoms with Gasteiger partial charge in [-0.15, -0.1) is 0 Å². The first kappa shape index (κ1) is 14.9. The Kier molecular flexibility index (Phi) is 4.44. The molecule has 0 saturated carbocycles. The lowest BCUT2D eigenvalue weighted by molar-refractivity contribution is -0.118. The van der Waals surface area contributed by atoms with Crippen LogP contribution in [0.4, 0.5) is 5.82 Å². The van der Waals surface area contributed by atoms with E-state index in [0.29, 0.717) is 5.76 Å². The average molecular weight is 311 g/mol. The largest absolute Gasteiger partial charge is 0.483 e. The zero-order chi connectivity index (χ0) is 15.4. The number of ether oxygens (including phenoxy) is 1. The average Bonchev–Trinajstić information content (AvgIpc) is 2.82. The standard InChI is InChI=1S/C13H11ClN2O5/c1-7-4-11(16-21-7)15-12(17)6-20-10-3-2-8(14)5-9(10)13(18)19/h2-5H,6H2,1H3,(H,18,19)(H,15,16,17). The van der Waals surface area contributed by atoms with Crippen molar-refractivity contribution in [2.24, 2.45) is 0 Å². The lowest BCUT2D eigenvalue weighted by Crippen LogP contribution is -2.21. The summed E-state index contributed by atoms with van der Waals surface area (Å²) in [5.74, 6) is -0.819. The van der Waals surface area contributed by atoms with Crippen LogP contribution in [0.2, 0.25) is 5.02 Å². The fourth-order valence-corrected chi connectivity index (χ4v) is 1.71. The van der Waals surface area contributed by atoms with Crippen molar-refractivity contribution in [2.45, 2.75) is 6.92 Å². The first-order chi connectivity index (χ1) is 9.95. The summed E-state index contributed by atoms with van der Waals surface area (Å²) in [5.41, 5.74) is -0.118. The SMILES string of the molecule is Cc1cc(NC(=O)COc2ccc(Cl)cc2C(=O)O)no1. The highest BCUT2D eigenvalue weighted by molar-refractivity contribution is 6.31. The second-order valence-electron chi connectivity index (χ2n) is 4.11. The number of aromatic nitrogens is 1. The number of carboxylic acid groups (broad SMARTS) is 1. The lowest BCUT2D eigenvalue weighted by atomic mass is 10.2. The number of aryl methyl sites for hydroxylation is 1. The molecule has 0 unspecified atom stereocenters. The van der Waals surface area contributed by atoms with Crippen LogP contribution in [0.25, 0.3) is 0 Å². The molecule has 110 valence electrons. The third-order valence-electron chi connectivity index (χ3n) is 2.43. The molecule has 7 nitrogen and oxygen atoms in total. The molecule has 2 aromatic rings. The fourth-order valence-electron chi connectivity index (χ4n) is 1.54. The first-order valence-electron chi connectivity index (χ1n) is 5.84. The van der Waals surface area contributed by atoms with E-state index in [9.17, 15) is 9.59 Å². The number of amides is 1. The molecule has 0 atom stereocenters. The van der Waals surface area contributed by atoms with Crippen LogP contribution in [0.5, 0.6) is 5.75 Å². The number of halogens is 1. The molecule has 1 aromatic heterocycles. The van der Waals surface area contributed by atoms with Crippen molar-refractivity contribution in [3.05, 3.63) is 40.6 Å². The van der Waals surface area contributed by atoms with Crippen LogP contribution in [0.15, 0.2) is 28.8 Å². The molecule has 0 aliphatic heterocycles. The number of carboxylic acids is 1. The fraction of sp³-hybridized carbons (Fsp3) is 0.154. The van der Waals surface area contributed by atoms with Gasteiger partial charge in [-0.1, -0.05) is 16.8 Å². The van der Waals surface area contributed by atoms with Crippen LogP contribution in [-0.4, -0.2) is 28.7 Å². The van der Waals surface area contributed by atoms with Gasteiger partial charge in [-0.2, -0.15) is 0 Å². The van der Waals surface area contributed by atoms with Crippen molar-refractivity contribution in [2.75, 3.05) is 11.9 Å². The quantitative estimate of drug-likeness (QED) is 0.879. The van der Waals surface area contributed by atoms with Crippen molar-refractivity contribution in [1.82, 2.24) is 5.16 Å². The molecule has 0 bridgehead atoms. The van der Waals surface area contributed by atoms with Crippen molar-refractivity contribution < 1.29 is 24.0 Å². The Morgan fingerprint density at radius 1 is 1.43 bits per heavy atom. The summed E-state index contributed by atoms with van der Waals surface area (Å²) in [7, 11) is 0. The highest BCUT2D eigenvalue weighted by atomic mass is 35.5. The smallest absolute Gasteiger partial charge is 0.339 e. The number of carbonyl (C=O) groups excluding carboxylic acids is 1. The molecular weight excluding hydrogens is 300 g/mol. The van der Waals surface area contributed by atoms with Crippen LogP contribution in [0, 0.1) is 6.92 Å². The van der Waals surface area contributed by atoms with Crippen molar-refractivity contribution in [1.29, 1.82) is 0 Å². The van der Waals surface area contributed by atoms with E-state index in [1.54, 1.807) is 13.0 Å². The summed E-state index contributed by atoms with van der Waals surface area (Å²) in [5, 5.41) is 15.3. The molecule has 0 radical (unpaired) electrons. The van der Waals surface area contributed by atoms with Crippen LogP contribution in [0.1, 0.15) is 16.1 Å². The van der Waals surface area contributed by atoms with E-state index >= 15 is 0 Å². The Labute approximate surface area is 124 Å². The zero-order valence-electron chi connectivity index (χ0n) is 10.9. The molecule has 2 rings (SSSR count). The number of hydrogen-bond acceptors (Lipinski definition) is 5. The maximum atomic E-state index is 11.7.